The number of hydrogen-bond acceptors (Lipinski definition) is 5. The predicted molar refractivity (Wildman–Crippen MR) is 160 cm³/mol. The average Bonchev–Trinajstić information content (AvgIpc) is 3.49. The van der Waals surface area contributed by atoms with Crippen LogP contribution in [0.15, 0.2) is 16.8 Å². The van der Waals surface area contributed by atoms with E-state index < -0.39 is 12.3 Å². The van der Waals surface area contributed by atoms with Gasteiger partial charge in [0.1, 0.15) is 6.17 Å². The minimum absolute atomic E-state index is 0.164. The molecule has 0 aromatic heterocycles. The summed E-state index contributed by atoms with van der Waals surface area (Å²) in [6.45, 7) is 9.42. The molecule has 0 radical (unpaired) electrons. The Kier molecular flexibility index (Phi) is 8.75. The SMILES string of the molecule is C/C(=N\OC(=O)N(CCC1NCCC1F)CC[N+](C)(C)C)[C@H]1CC[C@H]2[C@@H]3CCC4=CC(=O)CC[C@]4(C)[C@H]3CC[C@]12C. The van der Waals surface area contributed by atoms with Gasteiger partial charge in [-0.15, -0.1) is 0 Å². The van der Waals surface area contributed by atoms with Crippen LogP contribution >= 0.6 is 0 Å². The maximum absolute atomic E-state index is 14.2. The molecule has 1 aliphatic heterocycles. The molecule has 8 atom stereocenters. The number of fused-ring (bicyclic) bond motifs is 5. The Hall–Kier alpha value is -1.80. The van der Waals surface area contributed by atoms with Crippen LogP contribution in [0.5, 0.6) is 0 Å². The van der Waals surface area contributed by atoms with Gasteiger partial charge in [0.25, 0.3) is 0 Å². The van der Waals surface area contributed by atoms with E-state index in [1.165, 1.54) is 24.8 Å². The van der Waals surface area contributed by atoms with Gasteiger partial charge < -0.3 is 14.7 Å². The number of amides is 1. The summed E-state index contributed by atoms with van der Waals surface area (Å²) in [6, 6.07) is -0.201. The molecule has 4 fully saturated rings. The zero-order valence-electron chi connectivity index (χ0n) is 26.4. The zero-order valence-corrected chi connectivity index (χ0v) is 26.4. The molecule has 1 saturated heterocycles. The van der Waals surface area contributed by atoms with Crippen LogP contribution in [0.3, 0.4) is 0 Å². The number of allylic oxidation sites excluding steroid dienone is 1. The number of quaternary nitrogens is 1. The van der Waals surface area contributed by atoms with E-state index in [0.29, 0.717) is 68.4 Å². The van der Waals surface area contributed by atoms with Gasteiger partial charge in [0, 0.05) is 24.9 Å². The Balaban J connectivity index is 1.24. The second-order valence-corrected chi connectivity index (χ2v) is 15.4. The van der Waals surface area contributed by atoms with Crippen molar-refractivity contribution in [1.29, 1.82) is 0 Å². The molecule has 5 aliphatic rings. The summed E-state index contributed by atoms with van der Waals surface area (Å²) in [5.41, 5.74) is 2.69. The van der Waals surface area contributed by atoms with Crippen LogP contribution in [-0.4, -0.2) is 86.5 Å². The van der Waals surface area contributed by atoms with Gasteiger partial charge in [-0.05, 0) is 106 Å². The van der Waals surface area contributed by atoms with Crippen LogP contribution in [0.2, 0.25) is 0 Å². The summed E-state index contributed by atoms with van der Waals surface area (Å²) in [6.07, 6.45) is 10.4. The van der Waals surface area contributed by atoms with E-state index in [1.807, 2.05) is 13.0 Å². The fraction of sp³-hybridized carbons (Fsp3) is 0.848. The van der Waals surface area contributed by atoms with Crippen LogP contribution in [0, 0.1) is 34.5 Å². The molecule has 1 N–H and O–H groups in total. The van der Waals surface area contributed by atoms with Crippen molar-refractivity contribution in [2.45, 2.75) is 97.2 Å². The molecule has 3 saturated carbocycles. The van der Waals surface area contributed by atoms with Crippen molar-refractivity contribution in [3.63, 3.8) is 0 Å². The average molecular weight is 574 g/mol. The first-order valence-electron chi connectivity index (χ1n) is 16.2. The highest BCUT2D eigenvalue weighted by Gasteiger charge is 2.59. The van der Waals surface area contributed by atoms with Crippen molar-refractivity contribution in [3.05, 3.63) is 11.6 Å². The van der Waals surface area contributed by atoms with Gasteiger partial charge in [-0.25, -0.2) is 9.18 Å². The van der Waals surface area contributed by atoms with Crippen molar-refractivity contribution in [2.75, 3.05) is 47.3 Å². The van der Waals surface area contributed by atoms with Crippen molar-refractivity contribution in [1.82, 2.24) is 10.2 Å². The maximum atomic E-state index is 14.2. The number of nitrogens with zero attached hydrogens (tertiary/aromatic N) is 3. The van der Waals surface area contributed by atoms with Gasteiger partial charge in [0.15, 0.2) is 5.78 Å². The minimum atomic E-state index is -0.854. The van der Waals surface area contributed by atoms with Gasteiger partial charge in [-0.2, -0.15) is 0 Å². The summed E-state index contributed by atoms with van der Waals surface area (Å²) in [4.78, 5) is 32.8. The van der Waals surface area contributed by atoms with E-state index in [0.717, 1.165) is 42.4 Å². The Morgan fingerprint density at radius 2 is 1.88 bits per heavy atom. The molecule has 0 aromatic carbocycles. The number of carbonyl (C=O) groups excluding carboxylic acids is 2. The highest BCUT2D eigenvalue weighted by atomic mass is 19.1. The molecule has 4 aliphatic carbocycles. The van der Waals surface area contributed by atoms with E-state index in [2.05, 4.69) is 45.5 Å². The normalized spacial score (nSPS) is 39.0. The Morgan fingerprint density at radius 1 is 1.10 bits per heavy atom. The number of hydrogen-bond donors (Lipinski definition) is 1. The monoisotopic (exact) mass is 573 g/mol. The standard InChI is InChI=1S/C33H54FN4O3/c1-22(36-41-31(40)37(19-20-38(4,5)6)18-14-30-29(34)13-17-35-30)26-9-10-27-25-8-7-23-21-24(39)11-15-32(23,2)28(25)12-16-33(26,27)3/h21,25-30,35H,7-20H2,1-6H3/q+1/b36-22+/t25-,26+,27-,28-,29?,30?,32-,33+/m0/s1. The summed E-state index contributed by atoms with van der Waals surface area (Å²) < 4.78 is 14.9. The third kappa shape index (κ3) is 6.15. The molecule has 2 unspecified atom stereocenters. The first-order valence-corrected chi connectivity index (χ1v) is 16.2. The molecule has 41 heavy (non-hydrogen) atoms. The number of carbonyl (C=O) groups is 2. The lowest BCUT2D eigenvalue weighted by molar-refractivity contribution is -0.869. The lowest BCUT2D eigenvalue weighted by Gasteiger charge is -2.58. The lowest BCUT2D eigenvalue weighted by atomic mass is 9.46. The number of halogens is 1. The van der Waals surface area contributed by atoms with Gasteiger partial charge >= 0.3 is 6.09 Å². The van der Waals surface area contributed by atoms with Gasteiger partial charge in [-0.3, -0.25) is 9.63 Å². The number of likely N-dealkylation sites (N-methyl/N-ethyl adjacent to an activating group) is 1. The molecular weight excluding hydrogens is 519 g/mol. The molecule has 0 spiro atoms. The van der Waals surface area contributed by atoms with Gasteiger partial charge in [0.05, 0.1) is 39.9 Å². The highest BCUT2D eigenvalue weighted by Crippen LogP contribution is 2.66. The van der Waals surface area contributed by atoms with E-state index in [9.17, 15) is 14.0 Å². The summed E-state index contributed by atoms with van der Waals surface area (Å²) >= 11 is 0. The Labute approximate surface area is 246 Å². The van der Waals surface area contributed by atoms with Crippen LogP contribution in [-0.2, 0) is 9.63 Å². The molecule has 8 heteroatoms. The highest BCUT2D eigenvalue weighted by molar-refractivity contribution is 5.91. The summed E-state index contributed by atoms with van der Waals surface area (Å²) in [7, 11) is 6.31. The van der Waals surface area contributed by atoms with Crippen LogP contribution in [0.25, 0.3) is 0 Å². The molecule has 1 heterocycles. The van der Waals surface area contributed by atoms with E-state index in [-0.39, 0.29) is 16.9 Å². The first-order chi connectivity index (χ1) is 19.3. The number of rotatable bonds is 8. The molecule has 7 nitrogen and oxygen atoms in total. The second-order valence-electron chi connectivity index (χ2n) is 15.4. The topological polar surface area (TPSA) is 71.0 Å². The van der Waals surface area contributed by atoms with E-state index in [1.54, 1.807) is 4.90 Å². The van der Waals surface area contributed by atoms with Crippen molar-refractivity contribution < 1.29 is 23.3 Å². The first kappa shape index (κ1) is 30.7. The van der Waals surface area contributed by atoms with Crippen LogP contribution in [0.1, 0.15) is 85.0 Å². The predicted octanol–water partition coefficient (Wildman–Crippen LogP) is 5.75. The summed E-state index contributed by atoms with van der Waals surface area (Å²) in [5.74, 6) is 2.64. The third-order valence-corrected chi connectivity index (χ3v) is 12.0. The van der Waals surface area contributed by atoms with Crippen LogP contribution < -0.4 is 5.32 Å². The van der Waals surface area contributed by atoms with Crippen molar-refractivity contribution in [3.8, 4) is 0 Å². The Morgan fingerprint density at radius 3 is 2.59 bits per heavy atom. The van der Waals surface area contributed by atoms with Crippen molar-refractivity contribution >= 4 is 17.6 Å². The largest absolute Gasteiger partial charge is 0.436 e. The zero-order chi connectivity index (χ0) is 29.6. The smallest absolute Gasteiger partial charge is 0.329 e. The summed E-state index contributed by atoms with van der Waals surface area (Å²) in [5, 5.41) is 7.70. The molecule has 0 bridgehead atoms. The second kappa shape index (κ2) is 11.7. The van der Waals surface area contributed by atoms with Crippen LogP contribution in [0.4, 0.5) is 9.18 Å². The lowest BCUT2D eigenvalue weighted by Crippen LogP contribution is -2.51. The third-order valence-electron chi connectivity index (χ3n) is 12.0. The quantitative estimate of drug-likeness (QED) is 0.174. The minimum Gasteiger partial charge on any atom is -0.329 e. The molecule has 0 aromatic rings. The molecular formula is C33H54FN4O3+. The number of nitrogens with one attached hydrogen (secondary N) is 1. The molecule has 5 rings (SSSR count). The fourth-order valence-electron chi connectivity index (χ4n) is 9.51. The number of alkyl halides is 1. The van der Waals surface area contributed by atoms with Gasteiger partial charge in [-0.1, -0.05) is 24.6 Å². The maximum Gasteiger partial charge on any atom is 0.436 e. The van der Waals surface area contributed by atoms with Gasteiger partial charge in [0.2, 0.25) is 0 Å². The molecule has 230 valence electrons. The fourth-order valence-corrected chi connectivity index (χ4v) is 9.51. The van der Waals surface area contributed by atoms with Crippen molar-refractivity contribution in [2.24, 2.45) is 39.7 Å². The Bertz CT molecular complexity index is 1070. The number of oxime groups is 1. The van der Waals surface area contributed by atoms with E-state index >= 15 is 0 Å². The molecule has 1 amide bonds. The number of ketones is 1. The van der Waals surface area contributed by atoms with E-state index in [4.69, 9.17) is 4.84 Å².